The number of furan rings is 1. The van der Waals surface area contributed by atoms with Gasteiger partial charge in [0.05, 0.1) is 31.0 Å². The maximum atomic E-state index is 12.0. The first-order valence-electron chi connectivity index (χ1n) is 11.3. The van der Waals surface area contributed by atoms with E-state index in [4.69, 9.17) is 18.9 Å². The van der Waals surface area contributed by atoms with E-state index >= 15 is 0 Å². The second-order valence-corrected chi connectivity index (χ2v) is 7.74. The van der Waals surface area contributed by atoms with Gasteiger partial charge >= 0.3 is 0 Å². The van der Waals surface area contributed by atoms with Crippen LogP contribution < -0.4 is 14.8 Å². The first kappa shape index (κ1) is 22.5. The fourth-order valence-corrected chi connectivity index (χ4v) is 3.76. The van der Waals surface area contributed by atoms with E-state index in [1.165, 1.54) is 6.26 Å². The van der Waals surface area contributed by atoms with Crippen molar-refractivity contribution in [1.82, 2.24) is 14.9 Å². The Bertz CT molecular complexity index is 1170. The maximum Gasteiger partial charge on any atom is 0.286 e. The topological polar surface area (TPSA) is 78.5 Å². The average Bonchev–Trinajstić information content (AvgIpc) is 3.50. The summed E-state index contributed by atoms with van der Waals surface area (Å²) < 4.78 is 18.5. The van der Waals surface area contributed by atoms with Gasteiger partial charge in [-0.3, -0.25) is 4.79 Å². The van der Waals surface area contributed by atoms with Crippen LogP contribution in [0.15, 0.2) is 71.3 Å². The fraction of sp³-hybridized carbons (Fsp3) is 0.308. The number of methoxy groups -OCH3 is 1. The Hall–Kier alpha value is -3.74. The maximum absolute atomic E-state index is 12.0. The molecule has 1 amide bonds. The molecule has 0 saturated heterocycles. The number of imidazole rings is 1. The third-order valence-electron chi connectivity index (χ3n) is 5.43. The number of aromatic nitrogens is 2. The quantitative estimate of drug-likeness (QED) is 0.314. The molecule has 7 nitrogen and oxygen atoms in total. The SMILES string of the molecule is COc1cccc(OCCCCn2c(CCCNC(=O)c3ccco3)nc3ccccc32)c1. The summed E-state index contributed by atoms with van der Waals surface area (Å²) in [7, 11) is 1.65. The van der Waals surface area contributed by atoms with E-state index < -0.39 is 0 Å². The van der Waals surface area contributed by atoms with Gasteiger partial charge in [0.25, 0.3) is 5.91 Å². The number of rotatable bonds is 12. The lowest BCUT2D eigenvalue weighted by Gasteiger charge is -2.11. The van der Waals surface area contributed by atoms with E-state index in [0.717, 1.165) is 60.6 Å². The predicted octanol–water partition coefficient (Wildman–Crippen LogP) is 4.86. The highest BCUT2D eigenvalue weighted by molar-refractivity contribution is 5.91. The Balaban J connectivity index is 1.28. The summed E-state index contributed by atoms with van der Waals surface area (Å²) in [6.45, 7) is 2.08. The van der Waals surface area contributed by atoms with Crippen LogP contribution in [-0.4, -0.2) is 35.7 Å². The molecule has 0 spiro atoms. The van der Waals surface area contributed by atoms with Crippen molar-refractivity contribution in [2.45, 2.75) is 32.2 Å². The molecule has 7 heteroatoms. The summed E-state index contributed by atoms with van der Waals surface area (Å²) in [5.74, 6) is 2.79. The number of unbranched alkanes of at least 4 members (excludes halogenated alkanes) is 1. The molecule has 0 unspecified atom stereocenters. The largest absolute Gasteiger partial charge is 0.497 e. The molecule has 0 radical (unpaired) electrons. The Morgan fingerprint density at radius 3 is 2.76 bits per heavy atom. The van der Waals surface area contributed by atoms with Gasteiger partial charge in [0.2, 0.25) is 0 Å². The van der Waals surface area contributed by atoms with Crippen LogP contribution in [0.1, 0.15) is 35.6 Å². The first-order chi connectivity index (χ1) is 16.2. The van der Waals surface area contributed by atoms with Crippen LogP contribution in [0.5, 0.6) is 11.5 Å². The number of ether oxygens (including phenoxy) is 2. The first-order valence-corrected chi connectivity index (χ1v) is 11.3. The van der Waals surface area contributed by atoms with Crippen molar-refractivity contribution in [2.75, 3.05) is 20.3 Å². The zero-order valence-corrected chi connectivity index (χ0v) is 18.8. The molecule has 0 aliphatic carbocycles. The number of hydrogen-bond acceptors (Lipinski definition) is 5. The highest BCUT2D eigenvalue weighted by atomic mass is 16.5. The van der Waals surface area contributed by atoms with Crippen LogP contribution in [-0.2, 0) is 13.0 Å². The second kappa shape index (κ2) is 11.2. The van der Waals surface area contributed by atoms with E-state index in [9.17, 15) is 4.79 Å². The van der Waals surface area contributed by atoms with Crippen molar-refractivity contribution >= 4 is 16.9 Å². The number of aryl methyl sites for hydroxylation is 2. The lowest BCUT2D eigenvalue weighted by atomic mass is 10.2. The molecule has 4 rings (SSSR count). The molecule has 0 bridgehead atoms. The number of fused-ring (bicyclic) bond motifs is 1. The number of carbonyl (C=O) groups excluding carboxylic acids is 1. The lowest BCUT2D eigenvalue weighted by Crippen LogP contribution is -2.24. The highest BCUT2D eigenvalue weighted by Crippen LogP contribution is 2.20. The van der Waals surface area contributed by atoms with E-state index in [0.29, 0.717) is 18.9 Å². The van der Waals surface area contributed by atoms with Gasteiger partial charge in [0.15, 0.2) is 5.76 Å². The van der Waals surface area contributed by atoms with Gasteiger partial charge in [0.1, 0.15) is 17.3 Å². The van der Waals surface area contributed by atoms with E-state index in [1.54, 1.807) is 19.2 Å². The summed E-state index contributed by atoms with van der Waals surface area (Å²) in [6.07, 6.45) is 5.00. The number of amides is 1. The average molecular weight is 448 g/mol. The summed E-state index contributed by atoms with van der Waals surface area (Å²) in [4.78, 5) is 16.9. The van der Waals surface area contributed by atoms with Crippen LogP contribution in [0, 0.1) is 0 Å². The second-order valence-electron chi connectivity index (χ2n) is 7.74. The van der Waals surface area contributed by atoms with E-state index in [-0.39, 0.29) is 5.91 Å². The number of nitrogens with one attached hydrogen (secondary N) is 1. The molecule has 0 fully saturated rings. The number of nitrogens with zero attached hydrogens (tertiary/aromatic N) is 2. The number of hydrogen-bond donors (Lipinski definition) is 1. The van der Waals surface area contributed by atoms with Gasteiger partial charge in [0, 0.05) is 25.6 Å². The molecule has 2 heterocycles. The minimum Gasteiger partial charge on any atom is -0.497 e. The molecular weight excluding hydrogens is 418 g/mol. The van der Waals surface area contributed by atoms with Crippen LogP contribution in [0.4, 0.5) is 0 Å². The van der Waals surface area contributed by atoms with Gasteiger partial charge < -0.3 is 23.8 Å². The van der Waals surface area contributed by atoms with Crippen molar-refractivity contribution in [3.8, 4) is 11.5 Å². The zero-order chi connectivity index (χ0) is 22.9. The van der Waals surface area contributed by atoms with E-state index in [1.807, 2.05) is 42.5 Å². The third-order valence-corrected chi connectivity index (χ3v) is 5.43. The minimum atomic E-state index is -0.190. The minimum absolute atomic E-state index is 0.190. The van der Waals surface area contributed by atoms with Crippen LogP contribution in [0.25, 0.3) is 11.0 Å². The van der Waals surface area contributed by atoms with Crippen LogP contribution in [0.2, 0.25) is 0 Å². The van der Waals surface area contributed by atoms with Gasteiger partial charge in [-0.25, -0.2) is 4.98 Å². The van der Waals surface area contributed by atoms with Crippen molar-refractivity contribution in [3.05, 3.63) is 78.5 Å². The summed E-state index contributed by atoms with van der Waals surface area (Å²) in [5.41, 5.74) is 2.14. The Kier molecular flexibility index (Phi) is 7.64. The molecule has 33 heavy (non-hydrogen) atoms. The molecule has 2 aromatic carbocycles. The molecule has 172 valence electrons. The van der Waals surface area contributed by atoms with Crippen molar-refractivity contribution in [3.63, 3.8) is 0 Å². The number of carbonyl (C=O) groups is 1. The molecule has 0 aliphatic rings. The molecule has 4 aromatic rings. The van der Waals surface area contributed by atoms with Gasteiger partial charge in [-0.05, 0) is 55.7 Å². The third kappa shape index (κ3) is 5.94. The van der Waals surface area contributed by atoms with Gasteiger partial charge in [-0.15, -0.1) is 0 Å². The predicted molar refractivity (Wildman–Crippen MR) is 127 cm³/mol. The van der Waals surface area contributed by atoms with Crippen LogP contribution in [0.3, 0.4) is 0 Å². The molecule has 0 aliphatic heterocycles. The summed E-state index contributed by atoms with van der Waals surface area (Å²) in [6, 6.07) is 19.2. The zero-order valence-electron chi connectivity index (χ0n) is 18.8. The lowest BCUT2D eigenvalue weighted by molar-refractivity contribution is 0.0925. The van der Waals surface area contributed by atoms with Crippen molar-refractivity contribution in [2.24, 2.45) is 0 Å². The Morgan fingerprint density at radius 1 is 1.03 bits per heavy atom. The van der Waals surface area contributed by atoms with E-state index in [2.05, 4.69) is 16.0 Å². The molecule has 0 saturated carbocycles. The van der Waals surface area contributed by atoms with Crippen molar-refractivity contribution in [1.29, 1.82) is 0 Å². The fourth-order valence-electron chi connectivity index (χ4n) is 3.76. The van der Waals surface area contributed by atoms with Crippen molar-refractivity contribution < 1.29 is 18.7 Å². The van der Waals surface area contributed by atoms with Gasteiger partial charge in [-0.2, -0.15) is 0 Å². The molecular formula is C26H29N3O4. The number of benzene rings is 2. The molecule has 2 aromatic heterocycles. The van der Waals surface area contributed by atoms with Crippen LogP contribution >= 0.6 is 0 Å². The summed E-state index contributed by atoms with van der Waals surface area (Å²) >= 11 is 0. The molecule has 1 N–H and O–H groups in total. The van der Waals surface area contributed by atoms with Gasteiger partial charge in [-0.1, -0.05) is 18.2 Å². The summed E-state index contributed by atoms with van der Waals surface area (Å²) in [5, 5.41) is 2.90. The Labute approximate surface area is 193 Å². The Morgan fingerprint density at radius 2 is 1.91 bits per heavy atom. The standard InChI is InChI=1S/C26H29N3O4/c1-31-20-9-6-10-21(19-20)32-17-5-4-16-29-23-12-3-2-11-22(23)28-25(29)14-7-15-27-26(30)24-13-8-18-33-24/h2-3,6,8-13,18-19H,4-5,7,14-17H2,1H3,(H,27,30). The molecule has 0 atom stereocenters. The normalized spacial score (nSPS) is 10.9. The smallest absolute Gasteiger partial charge is 0.286 e. The highest BCUT2D eigenvalue weighted by Gasteiger charge is 2.11. The monoisotopic (exact) mass is 447 g/mol. The number of para-hydroxylation sites is 2.